The van der Waals surface area contributed by atoms with Gasteiger partial charge in [-0.1, -0.05) is 24.3 Å². The van der Waals surface area contributed by atoms with Gasteiger partial charge in [-0.15, -0.1) is 11.3 Å². The van der Waals surface area contributed by atoms with E-state index in [2.05, 4.69) is 21.3 Å². The van der Waals surface area contributed by atoms with Gasteiger partial charge in [-0.25, -0.2) is 0 Å². The van der Waals surface area contributed by atoms with Gasteiger partial charge in [-0.2, -0.15) is 0 Å². The van der Waals surface area contributed by atoms with Gasteiger partial charge in [-0.05, 0) is 31.6 Å². The number of rotatable bonds is 3. The number of nitrogens with zero attached hydrogens (tertiary/aromatic N) is 2. The molecular formula is C16H16N2OS. The summed E-state index contributed by atoms with van der Waals surface area (Å²) in [6.45, 7) is 0. The van der Waals surface area contributed by atoms with Crippen LogP contribution in [0.3, 0.4) is 0 Å². The predicted molar refractivity (Wildman–Crippen MR) is 83.3 cm³/mol. The van der Waals surface area contributed by atoms with E-state index in [0.717, 1.165) is 16.5 Å². The second kappa shape index (κ2) is 5.23. The first-order valence-electron chi connectivity index (χ1n) is 6.45. The van der Waals surface area contributed by atoms with Gasteiger partial charge in [0.25, 0.3) is 0 Å². The number of aromatic hydroxyl groups is 1. The molecule has 3 nitrogen and oxygen atoms in total. The molecule has 0 fully saturated rings. The van der Waals surface area contributed by atoms with Crippen LogP contribution in [-0.2, 0) is 0 Å². The Morgan fingerprint density at radius 1 is 1.15 bits per heavy atom. The molecule has 102 valence electrons. The number of aromatic nitrogens is 1. The highest BCUT2D eigenvalue weighted by Gasteiger charge is 2.23. The standard InChI is InChI=1S/C16H16N2OS/c1-18(2)16(14-8-5-9-20-14)15-11-6-3-4-7-12(11)17-10-13(15)19/h3-10,16,19H,1-2H3. The van der Waals surface area contributed by atoms with Gasteiger partial charge >= 0.3 is 0 Å². The Morgan fingerprint density at radius 2 is 1.95 bits per heavy atom. The maximum absolute atomic E-state index is 10.3. The number of para-hydroxylation sites is 1. The Balaban J connectivity index is 2.28. The summed E-state index contributed by atoms with van der Waals surface area (Å²) in [5.74, 6) is 0.246. The van der Waals surface area contributed by atoms with Crippen LogP contribution in [0.15, 0.2) is 48.0 Å². The van der Waals surface area contributed by atoms with Crippen LogP contribution in [-0.4, -0.2) is 29.1 Å². The smallest absolute Gasteiger partial charge is 0.139 e. The van der Waals surface area contributed by atoms with Crippen molar-refractivity contribution in [2.45, 2.75) is 6.04 Å². The van der Waals surface area contributed by atoms with Crippen LogP contribution in [0, 0.1) is 0 Å². The van der Waals surface area contributed by atoms with Crippen LogP contribution in [0.4, 0.5) is 0 Å². The molecule has 3 aromatic rings. The summed E-state index contributed by atoms with van der Waals surface area (Å²) in [5, 5.41) is 13.4. The van der Waals surface area contributed by atoms with E-state index in [1.165, 1.54) is 4.88 Å². The van der Waals surface area contributed by atoms with E-state index in [9.17, 15) is 5.11 Å². The van der Waals surface area contributed by atoms with E-state index in [4.69, 9.17) is 0 Å². The zero-order valence-electron chi connectivity index (χ0n) is 11.4. The zero-order chi connectivity index (χ0) is 14.1. The maximum Gasteiger partial charge on any atom is 0.139 e. The molecule has 2 aromatic heterocycles. The molecule has 0 radical (unpaired) electrons. The first kappa shape index (κ1) is 13.1. The van der Waals surface area contributed by atoms with E-state index in [1.54, 1.807) is 17.5 Å². The molecule has 1 N–H and O–H groups in total. The minimum Gasteiger partial charge on any atom is -0.506 e. The summed E-state index contributed by atoms with van der Waals surface area (Å²) in [5.41, 5.74) is 1.83. The topological polar surface area (TPSA) is 36.4 Å². The van der Waals surface area contributed by atoms with E-state index < -0.39 is 0 Å². The van der Waals surface area contributed by atoms with Crippen LogP contribution in [0.1, 0.15) is 16.5 Å². The molecular weight excluding hydrogens is 268 g/mol. The number of thiophene rings is 1. The Morgan fingerprint density at radius 3 is 2.65 bits per heavy atom. The van der Waals surface area contributed by atoms with Gasteiger partial charge in [0.2, 0.25) is 0 Å². The van der Waals surface area contributed by atoms with Gasteiger partial charge in [0.15, 0.2) is 0 Å². The van der Waals surface area contributed by atoms with Crippen molar-refractivity contribution in [2.75, 3.05) is 14.1 Å². The van der Waals surface area contributed by atoms with E-state index in [1.807, 2.05) is 44.4 Å². The van der Waals surface area contributed by atoms with Crippen LogP contribution in [0.25, 0.3) is 10.9 Å². The average Bonchev–Trinajstić information content (AvgIpc) is 2.95. The fourth-order valence-corrected chi connectivity index (χ4v) is 3.47. The first-order valence-corrected chi connectivity index (χ1v) is 7.33. The SMILES string of the molecule is CN(C)C(c1cccs1)c1c(O)cnc2ccccc12. The van der Waals surface area contributed by atoms with Crippen LogP contribution >= 0.6 is 11.3 Å². The van der Waals surface area contributed by atoms with Gasteiger partial charge in [-0.3, -0.25) is 9.88 Å². The normalized spacial score (nSPS) is 12.9. The molecule has 0 bridgehead atoms. The molecule has 0 spiro atoms. The molecule has 1 unspecified atom stereocenters. The number of hydrogen-bond donors (Lipinski definition) is 1. The van der Waals surface area contributed by atoms with Crippen LogP contribution in [0.2, 0.25) is 0 Å². The van der Waals surface area contributed by atoms with Gasteiger partial charge in [0.1, 0.15) is 5.75 Å². The van der Waals surface area contributed by atoms with Gasteiger partial charge in [0.05, 0.1) is 17.8 Å². The zero-order valence-corrected chi connectivity index (χ0v) is 12.3. The highest BCUT2D eigenvalue weighted by Crippen LogP contribution is 2.38. The molecule has 1 aromatic carbocycles. The van der Waals surface area contributed by atoms with Crippen molar-refractivity contribution in [3.63, 3.8) is 0 Å². The summed E-state index contributed by atoms with van der Waals surface area (Å²) < 4.78 is 0. The van der Waals surface area contributed by atoms with Crippen molar-refractivity contribution in [2.24, 2.45) is 0 Å². The second-order valence-corrected chi connectivity index (χ2v) is 5.94. The third-order valence-corrected chi connectivity index (χ3v) is 4.32. The lowest BCUT2D eigenvalue weighted by atomic mass is 9.99. The molecule has 0 saturated carbocycles. The fraction of sp³-hybridized carbons (Fsp3) is 0.188. The Labute approximate surface area is 122 Å². The number of pyridine rings is 1. The van der Waals surface area contributed by atoms with Gasteiger partial charge < -0.3 is 5.11 Å². The monoisotopic (exact) mass is 284 g/mol. The quantitative estimate of drug-likeness (QED) is 0.797. The molecule has 2 heterocycles. The maximum atomic E-state index is 10.3. The van der Waals surface area contributed by atoms with Crippen molar-refractivity contribution in [3.05, 3.63) is 58.4 Å². The van der Waals surface area contributed by atoms with Crippen molar-refractivity contribution in [3.8, 4) is 5.75 Å². The third kappa shape index (κ3) is 2.17. The Hall–Kier alpha value is -1.91. The first-order chi connectivity index (χ1) is 9.68. The highest BCUT2D eigenvalue weighted by molar-refractivity contribution is 7.10. The number of fused-ring (bicyclic) bond motifs is 1. The van der Waals surface area contributed by atoms with Crippen LogP contribution < -0.4 is 0 Å². The van der Waals surface area contributed by atoms with Crippen molar-refractivity contribution in [1.82, 2.24) is 9.88 Å². The Kier molecular flexibility index (Phi) is 3.42. The molecule has 4 heteroatoms. The Bertz CT molecular complexity index is 722. The summed E-state index contributed by atoms with van der Waals surface area (Å²) in [6.07, 6.45) is 1.54. The molecule has 0 aliphatic rings. The van der Waals surface area contributed by atoms with Gasteiger partial charge in [0, 0.05) is 15.8 Å². The van der Waals surface area contributed by atoms with E-state index >= 15 is 0 Å². The van der Waals surface area contributed by atoms with Crippen molar-refractivity contribution >= 4 is 22.2 Å². The molecule has 0 aliphatic heterocycles. The lowest BCUT2D eigenvalue weighted by molar-refractivity contribution is 0.337. The third-order valence-electron chi connectivity index (χ3n) is 3.40. The lowest BCUT2D eigenvalue weighted by Crippen LogP contribution is -2.20. The average molecular weight is 284 g/mol. The molecule has 1 atom stereocenters. The fourth-order valence-electron chi connectivity index (χ4n) is 2.54. The summed E-state index contributed by atoms with van der Waals surface area (Å²) in [6, 6.07) is 12.1. The molecule has 0 amide bonds. The second-order valence-electron chi connectivity index (χ2n) is 4.96. The van der Waals surface area contributed by atoms with E-state index in [0.29, 0.717) is 0 Å². The largest absolute Gasteiger partial charge is 0.506 e. The summed E-state index contributed by atoms with van der Waals surface area (Å²) in [4.78, 5) is 7.63. The molecule has 0 aliphatic carbocycles. The summed E-state index contributed by atoms with van der Waals surface area (Å²) in [7, 11) is 4.05. The van der Waals surface area contributed by atoms with Crippen LogP contribution in [0.5, 0.6) is 5.75 Å². The molecule has 20 heavy (non-hydrogen) atoms. The van der Waals surface area contributed by atoms with Crippen molar-refractivity contribution in [1.29, 1.82) is 0 Å². The highest BCUT2D eigenvalue weighted by atomic mass is 32.1. The van der Waals surface area contributed by atoms with Crippen molar-refractivity contribution < 1.29 is 5.11 Å². The number of benzene rings is 1. The lowest BCUT2D eigenvalue weighted by Gasteiger charge is -2.25. The van der Waals surface area contributed by atoms with E-state index in [-0.39, 0.29) is 11.8 Å². The number of hydrogen-bond acceptors (Lipinski definition) is 4. The minimum atomic E-state index is 0.0305. The predicted octanol–water partition coefficient (Wildman–Crippen LogP) is 3.65. The molecule has 0 saturated heterocycles. The minimum absolute atomic E-state index is 0.0305. The molecule has 3 rings (SSSR count). The summed E-state index contributed by atoms with van der Waals surface area (Å²) >= 11 is 1.70.